The van der Waals surface area contributed by atoms with Crippen molar-refractivity contribution >= 4 is 29.2 Å². The van der Waals surface area contributed by atoms with Crippen LogP contribution in [0.2, 0.25) is 0 Å². The summed E-state index contributed by atoms with van der Waals surface area (Å²) >= 11 is 0. The fraction of sp³-hybridized carbons (Fsp3) is 0.435. The van der Waals surface area contributed by atoms with Crippen molar-refractivity contribution in [1.82, 2.24) is 25.1 Å². The number of nitrogens with zero attached hydrogens (tertiary/aromatic N) is 4. The van der Waals surface area contributed by atoms with E-state index < -0.39 is 18.2 Å². The predicted octanol–water partition coefficient (Wildman–Crippen LogP) is 1.83. The molecule has 12 nitrogen and oxygen atoms in total. The van der Waals surface area contributed by atoms with Gasteiger partial charge in [-0.25, -0.2) is 4.98 Å². The van der Waals surface area contributed by atoms with Crippen LogP contribution in [0.1, 0.15) is 68.2 Å². The number of amides is 1. The van der Waals surface area contributed by atoms with Gasteiger partial charge in [-0.1, -0.05) is 13.8 Å². The summed E-state index contributed by atoms with van der Waals surface area (Å²) in [6, 6.07) is 4.22. The Bertz CT molecular complexity index is 1280. The van der Waals surface area contributed by atoms with Crippen molar-refractivity contribution in [2.24, 2.45) is 0 Å². The Kier molecular flexibility index (Phi) is 5.99. The number of pyridine rings is 1. The number of aliphatic hydroxyl groups is 2. The van der Waals surface area contributed by atoms with E-state index in [1.54, 1.807) is 4.90 Å². The van der Waals surface area contributed by atoms with Crippen LogP contribution in [0.5, 0.6) is 0 Å². The molecule has 3 atom stereocenters. The maximum atomic E-state index is 13.1. The molecule has 1 aliphatic heterocycles. The number of aromatic amines is 2. The lowest BCUT2D eigenvalue weighted by molar-refractivity contribution is -0.117. The molecule has 3 aromatic rings. The minimum absolute atomic E-state index is 0.121. The van der Waals surface area contributed by atoms with Crippen molar-refractivity contribution in [3.63, 3.8) is 0 Å². The SMILES string of the molecule is CC(C)c1cc(Nc2nc(N3CCCC3C(=O)Nc3ccc(=O)[nH]c3)nc3c2C(O)C[C@H]3O)n[nH]1. The van der Waals surface area contributed by atoms with Gasteiger partial charge in [-0.2, -0.15) is 10.1 Å². The van der Waals surface area contributed by atoms with Crippen molar-refractivity contribution in [3.8, 4) is 0 Å². The van der Waals surface area contributed by atoms with Crippen molar-refractivity contribution in [2.75, 3.05) is 22.1 Å². The number of aromatic nitrogens is 5. The summed E-state index contributed by atoms with van der Waals surface area (Å²) in [5.41, 5.74) is 1.95. The first kappa shape index (κ1) is 23.0. The molecule has 12 heteroatoms. The summed E-state index contributed by atoms with van der Waals surface area (Å²) in [6.45, 7) is 4.65. The highest BCUT2D eigenvalue weighted by atomic mass is 16.3. The minimum Gasteiger partial charge on any atom is -0.388 e. The zero-order chi connectivity index (χ0) is 24.7. The summed E-state index contributed by atoms with van der Waals surface area (Å²) in [5.74, 6) is 1.18. The zero-order valence-corrected chi connectivity index (χ0v) is 19.4. The first-order valence-electron chi connectivity index (χ1n) is 11.7. The molecule has 6 N–H and O–H groups in total. The lowest BCUT2D eigenvalue weighted by Gasteiger charge is -2.25. The molecule has 1 fully saturated rings. The highest BCUT2D eigenvalue weighted by Crippen LogP contribution is 2.43. The molecular formula is C23H28N8O4. The number of carbonyl (C=O) groups excluding carboxylic acids is 1. The maximum Gasteiger partial charge on any atom is 0.248 e. The number of carbonyl (C=O) groups is 1. The summed E-state index contributed by atoms with van der Waals surface area (Å²) < 4.78 is 0. The second kappa shape index (κ2) is 9.12. The summed E-state index contributed by atoms with van der Waals surface area (Å²) in [7, 11) is 0. The average Bonchev–Trinajstić information content (AvgIpc) is 3.55. The van der Waals surface area contributed by atoms with Crippen LogP contribution in [0, 0.1) is 0 Å². The van der Waals surface area contributed by atoms with E-state index in [9.17, 15) is 19.8 Å². The molecule has 4 heterocycles. The summed E-state index contributed by atoms with van der Waals surface area (Å²) in [4.78, 5) is 37.9. The van der Waals surface area contributed by atoms with Gasteiger partial charge in [-0.15, -0.1) is 0 Å². The molecular weight excluding hydrogens is 452 g/mol. The minimum atomic E-state index is -0.941. The van der Waals surface area contributed by atoms with E-state index in [0.29, 0.717) is 41.5 Å². The summed E-state index contributed by atoms with van der Waals surface area (Å²) in [6.07, 6.45) is 1.06. The molecule has 0 saturated carbocycles. The Balaban J connectivity index is 1.46. The average molecular weight is 481 g/mol. The van der Waals surface area contributed by atoms with Gasteiger partial charge >= 0.3 is 0 Å². The lowest BCUT2D eigenvalue weighted by Crippen LogP contribution is -2.41. The molecule has 1 aliphatic carbocycles. The Morgan fingerprint density at radius 1 is 1.23 bits per heavy atom. The lowest BCUT2D eigenvalue weighted by atomic mass is 10.1. The van der Waals surface area contributed by atoms with Crippen LogP contribution in [-0.2, 0) is 4.79 Å². The van der Waals surface area contributed by atoms with Crippen LogP contribution in [0.25, 0.3) is 0 Å². The fourth-order valence-corrected chi connectivity index (χ4v) is 4.53. The molecule has 1 amide bonds. The molecule has 5 rings (SSSR count). The van der Waals surface area contributed by atoms with Gasteiger partial charge in [0.25, 0.3) is 0 Å². The molecule has 0 bridgehead atoms. The van der Waals surface area contributed by atoms with Gasteiger partial charge in [0.1, 0.15) is 11.9 Å². The molecule has 3 aromatic heterocycles. The number of anilines is 4. The fourth-order valence-electron chi connectivity index (χ4n) is 4.53. The highest BCUT2D eigenvalue weighted by molar-refractivity contribution is 5.96. The predicted molar refractivity (Wildman–Crippen MR) is 129 cm³/mol. The van der Waals surface area contributed by atoms with E-state index in [4.69, 9.17) is 0 Å². The maximum absolute atomic E-state index is 13.1. The van der Waals surface area contributed by atoms with E-state index in [1.165, 1.54) is 18.3 Å². The van der Waals surface area contributed by atoms with Gasteiger partial charge in [0.2, 0.25) is 17.4 Å². The largest absolute Gasteiger partial charge is 0.388 e. The number of hydrogen-bond acceptors (Lipinski definition) is 9. The topological polar surface area (TPSA) is 172 Å². The summed E-state index contributed by atoms with van der Waals surface area (Å²) in [5, 5.41) is 34.4. The molecule has 2 unspecified atom stereocenters. The van der Waals surface area contributed by atoms with E-state index in [0.717, 1.165) is 12.1 Å². The van der Waals surface area contributed by atoms with E-state index >= 15 is 0 Å². The third-order valence-corrected chi connectivity index (χ3v) is 6.39. The third kappa shape index (κ3) is 4.49. The quantitative estimate of drug-likeness (QED) is 0.308. The van der Waals surface area contributed by atoms with Crippen LogP contribution in [0.4, 0.5) is 23.3 Å². The van der Waals surface area contributed by atoms with Gasteiger partial charge in [0.05, 0.1) is 23.6 Å². The van der Waals surface area contributed by atoms with Crippen molar-refractivity contribution in [3.05, 3.63) is 51.7 Å². The molecule has 184 valence electrons. The highest BCUT2D eigenvalue weighted by Gasteiger charge is 2.38. The Morgan fingerprint density at radius 2 is 2.06 bits per heavy atom. The van der Waals surface area contributed by atoms with E-state index in [2.05, 4.69) is 35.8 Å². The molecule has 0 aromatic carbocycles. The van der Waals surface area contributed by atoms with Gasteiger partial charge in [-0.05, 0) is 24.8 Å². The monoisotopic (exact) mass is 480 g/mol. The first-order valence-corrected chi connectivity index (χ1v) is 11.7. The van der Waals surface area contributed by atoms with Crippen LogP contribution in [0.3, 0.4) is 0 Å². The third-order valence-electron chi connectivity index (χ3n) is 6.39. The Hall–Kier alpha value is -3.77. The first-order chi connectivity index (χ1) is 16.8. The number of aliphatic hydroxyl groups excluding tert-OH is 2. The van der Waals surface area contributed by atoms with Crippen LogP contribution < -0.4 is 21.1 Å². The Labute approximate surface area is 200 Å². The molecule has 0 radical (unpaired) electrons. The number of rotatable bonds is 6. The van der Waals surface area contributed by atoms with Crippen molar-refractivity contribution in [2.45, 2.75) is 57.3 Å². The van der Waals surface area contributed by atoms with Crippen LogP contribution >= 0.6 is 0 Å². The van der Waals surface area contributed by atoms with Gasteiger partial charge in [-0.3, -0.25) is 14.7 Å². The molecule has 35 heavy (non-hydrogen) atoms. The molecule has 1 saturated heterocycles. The second-order valence-corrected chi connectivity index (χ2v) is 9.21. The van der Waals surface area contributed by atoms with Crippen LogP contribution in [-0.4, -0.2) is 53.9 Å². The number of hydrogen-bond donors (Lipinski definition) is 6. The molecule has 0 spiro atoms. The van der Waals surface area contributed by atoms with E-state index in [1.807, 2.05) is 19.9 Å². The Morgan fingerprint density at radius 3 is 2.77 bits per heavy atom. The number of fused-ring (bicyclic) bond motifs is 1. The zero-order valence-electron chi connectivity index (χ0n) is 19.4. The van der Waals surface area contributed by atoms with Gasteiger partial charge in [0, 0.05) is 42.6 Å². The number of nitrogens with one attached hydrogen (secondary N) is 4. The van der Waals surface area contributed by atoms with Crippen LogP contribution in [0.15, 0.2) is 29.2 Å². The van der Waals surface area contributed by atoms with Gasteiger partial charge < -0.3 is 30.7 Å². The smallest absolute Gasteiger partial charge is 0.248 e. The molecule has 2 aliphatic rings. The second-order valence-electron chi connectivity index (χ2n) is 9.21. The van der Waals surface area contributed by atoms with Crippen molar-refractivity contribution < 1.29 is 15.0 Å². The van der Waals surface area contributed by atoms with E-state index in [-0.39, 0.29) is 29.8 Å². The number of H-pyrrole nitrogens is 2. The van der Waals surface area contributed by atoms with Gasteiger partial charge in [0.15, 0.2) is 5.82 Å². The standard InChI is InChI=1S/C23H28N8O4/c1-11(2)13-8-17(30-29-13)26-21-19-15(32)9-16(33)20(19)27-23(28-21)31-7-3-4-14(31)22(35)25-12-5-6-18(34)24-10-12/h5-6,8,10-11,14-16,32-33H,3-4,7,9H2,1-2H3,(H,24,34)(H,25,35)(H2,26,27,28,29,30)/t14?,15?,16-/m1/s1. The normalized spacial score (nSPS) is 21.4. The van der Waals surface area contributed by atoms with Crippen molar-refractivity contribution in [1.29, 1.82) is 0 Å².